The van der Waals surface area contributed by atoms with Gasteiger partial charge >= 0.3 is 0 Å². The Labute approximate surface area is 123 Å². The summed E-state index contributed by atoms with van der Waals surface area (Å²) in [5, 5.41) is 10.9. The van der Waals surface area contributed by atoms with Gasteiger partial charge in [-0.2, -0.15) is 0 Å². The topological polar surface area (TPSA) is 63.5 Å². The number of hydrogen-bond acceptors (Lipinski definition) is 3. The zero-order valence-electron chi connectivity index (χ0n) is 11.9. The van der Waals surface area contributed by atoms with Crippen LogP contribution in [0.25, 0.3) is 0 Å². The summed E-state index contributed by atoms with van der Waals surface area (Å²) in [5.74, 6) is -0.222. The molecule has 0 heterocycles. The quantitative estimate of drug-likeness (QED) is 0.640. The zero-order chi connectivity index (χ0) is 15.4. The second-order valence-corrected chi connectivity index (χ2v) is 4.85. The average molecular weight is 284 g/mol. The predicted octanol–water partition coefficient (Wildman–Crippen LogP) is 3.18. The highest BCUT2D eigenvalue weighted by Crippen LogP contribution is 2.22. The number of amides is 1. The first kappa shape index (κ1) is 14.7. The molecule has 2 aromatic carbocycles. The fourth-order valence-corrected chi connectivity index (χ4v) is 2.19. The predicted molar refractivity (Wildman–Crippen MR) is 80.1 cm³/mol. The Kier molecular flexibility index (Phi) is 4.33. The number of benzene rings is 2. The third-order valence-corrected chi connectivity index (χ3v) is 3.34. The largest absolute Gasteiger partial charge is 0.337 e. The number of hydrogen-bond donors (Lipinski definition) is 0. The van der Waals surface area contributed by atoms with Gasteiger partial charge in [-0.3, -0.25) is 14.9 Å². The standard InChI is InChI=1S/C16H16N2O3/c1-12-14(9-6-10-15(12)18(20)21)16(19)17(2)11-13-7-4-3-5-8-13/h3-10H,11H2,1-2H3. The van der Waals surface area contributed by atoms with Gasteiger partial charge in [0, 0.05) is 30.8 Å². The van der Waals surface area contributed by atoms with Gasteiger partial charge in [0.25, 0.3) is 11.6 Å². The van der Waals surface area contributed by atoms with E-state index in [0.717, 1.165) is 5.56 Å². The molecule has 2 rings (SSSR count). The molecule has 108 valence electrons. The number of nitro benzene ring substituents is 1. The Morgan fingerprint density at radius 3 is 2.43 bits per heavy atom. The van der Waals surface area contributed by atoms with Crippen LogP contribution in [0.4, 0.5) is 5.69 Å². The second-order valence-electron chi connectivity index (χ2n) is 4.85. The van der Waals surface area contributed by atoms with E-state index in [4.69, 9.17) is 0 Å². The smallest absolute Gasteiger partial charge is 0.273 e. The summed E-state index contributed by atoms with van der Waals surface area (Å²) in [6.45, 7) is 2.06. The summed E-state index contributed by atoms with van der Waals surface area (Å²) in [6.07, 6.45) is 0. The van der Waals surface area contributed by atoms with Crippen molar-refractivity contribution in [3.05, 3.63) is 75.3 Å². The van der Waals surface area contributed by atoms with Crippen molar-refractivity contribution in [1.82, 2.24) is 4.90 Å². The molecule has 0 fully saturated rings. The summed E-state index contributed by atoms with van der Waals surface area (Å²) in [7, 11) is 1.69. The summed E-state index contributed by atoms with van der Waals surface area (Å²) in [4.78, 5) is 24.5. The lowest BCUT2D eigenvalue weighted by molar-refractivity contribution is -0.385. The molecular weight excluding hydrogens is 268 g/mol. The average Bonchev–Trinajstić information content (AvgIpc) is 2.47. The fourth-order valence-electron chi connectivity index (χ4n) is 2.19. The highest BCUT2D eigenvalue weighted by Gasteiger charge is 2.20. The molecule has 0 saturated heterocycles. The van der Waals surface area contributed by atoms with Gasteiger partial charge in [-0.15, -0.1) is 0 Å². The Morgan fingerprint density at radius 2 is 1.81 bits per heavy atom. The minimum Gasteiger partial charge on any atom is -0.337 e. The number of nitro groups is 1. The van der Waals surface area contributed by atoms with Crippen LogP contribution in [0.1, 0.15) is 21.5 Å². The van der Waals surface area contributed by atoms with Crippen molar-refractivity contribution in [2.75, 3.05) is 7.05 Å². The third kappa shape index (κ3) is 3.25. The van der Waals surface area contributed by atoms with Gasteiger partial charge in [0.05, 0.1) is 4.92 Å². The van der Waals surface area contributed by atoms with Gasteiger partial charge in [0.2, 0.25) is 0 Å². The lowest BCUT2D eigenvalue weighted by Gasteiger charge is -2.18. The number of carbonyl (C=O) groups is 1. The van der Waals surface area contributed by atoms with E-state index >= 15 is 0 Å². The highest BCUT2D eigenvalue weighted by atomic mass is 16.6. The van der Waals surface area contributed by atoms with Crippen LogP contribution in [0.3, 0.4) is 0 Å². The van der Waals surface area contributed by atoms with Crippen LogP contribution in [-0.4, -0.2) is 22.8 Å². The minimum atomic E-state index is -0.469. The van der Waals surface area contributed by atoms with Crippen molar-refractivity contribution in [2.45, 2.75) is 13.5 Å². The van der Waals surface area contributed by atoms with E-state index in [9.17, 15) is 14.9 Å². The Morgan fingerprint density at radius 1 is 1.14 bits per heavy atom. The molecule has 0 radical (unpaired) electrons. The molecule has 0 unspecified atom stereocenters. The number of nitrogens with zero attached hydrogens (tertiary/aromatic N) is 2. The zero-order valence-corrected chi connectivity index (χ0v) is 11.9. The van der Waals surface area contributed by atoms with Gasteiger partial charge in [-0.1, -0.05) is 36.4 Å². The summed E-state index contributed by atoms with van der Waals surface area (Å²) < 4.78 is 0. The SMILES string of the molecule is Cc1c(C(=O)N(C)Cc2ccccc2)cccc1[N+](=O)[O-]. The second kappa shape index (κ2) is 6.17. The Balaban J connectivity index is 2.24. The van der Waals surface area contributed by atoms with Gasteiger partial charge in [-0.05, 0) is 18.6 Å². The number of rotatable bonds is 4. The highest BCUT2D eigenvalue weighted by molar-refractivity contribution is 5.96. The first-order chi connectivity index (χ1) is 10.0. The molecule has 2 aromatic rings. The summed E-state index contributed by atoms with van der Waals surface area (Å²) >= 11 is 0. The first-order valence-corrected chi connectivity index (χ1v) is 6.54. The molecule has 0 aliphatic heterocycles. The lowest BCUT2D eigenvalue weighted by atomic mass is 10.1. The van der Waals surface area contributed by atoms with Gasteiger partial charge in [0.1, 0.15) is 0 Å². The summed E-state index contributed by atoms with van der Waals surface area (Å²) in [5.41, 5.74) is 1.74. The van der Waals surface area contributed by atoms with Gasteiger partial charge < -0.3 is 4.90 Å². The van der Waals surface area contributed by atoms with Crippen molar-refractivity contribution in [1.29, 1.82) is 0 Å². The molecule has 0 N–H and O–H groups in total. The molecular formula is C16H16N2O3. The molecule has 0 aliphatic rings. The monoisotopic (exact) mass is 284 g/mol. The third-order valence-electron chi connectivity index (χ3n) is 3.34. The maximum atomic E-state index is 12.4. The van der Waals surface area contributed by atoms with Crippen LogP contribution in [0.5, 0.6) is 0 Å². The van der Waals surface area contributed by atoms with E-state index in [2.05, 4.69) is 0 Å². The Bertz CT molecular complexity index is 668. The van der Waals surface area contributed by atoms with Crippen LogP contribution in [0.2, 0.25) is 0 Å². The number of carbonyl (C=O) groups excluding carboxylic acids is 1. The normalized spacial score (nSPS) is 10.2. The van der Waals surface area contributed by atoms with E-state index in [0.29, 0.717) is 17.7 Å². The maximum Gasteiger partial charge on any atom is 0.273 e. The van der Waals surface area contributed by atoms with E-state index in [-0.39, 0.29) is 11.6 Å². The van der Waals surface area contributed by atoms with Crippen molar-refractivity contribution in [3.63, 3.8) is 0 Å². The maximum absolute atomic E-state index is 12.4. The van der Waals surface area contributed by atoms with E-state index in [1.165, 1.54) is 12.1 Å². The molecule has 0 aliphatic carbocycles. The molecule has 1 amide bonds. The van der Waals surface area contributed by atoms with Gasteiger partial charge in [0.15, 0.2) is 0 Å². The molecule has 0 saturated carbocycles. The summed E-state index contributed by atoms with van der Waals surface area (Å²) in [6, 6.07) is 14.2. The molecule has 0 bridgehead atoms. The fraction of sp³-hybridized carbons (Fsp3) is 0.188. The van der Waals surface area contributed by atoms with E-state index < -0.39 is 4.92 Å². The van der Waals surface area contributed by atoms with Crippen LogP contribution in [-0.2, 0) is 6.54 Å². The molecule has 0 aromatic heterocycles. The van der Waals surface area contributed by atoms with Crippen LogP contribution < -0.4 is 0 Å². The van der Waals surface area contributed by atoms with Crippen molar-refractivity contribution < 1.29 is 9.72 Å². The van der Waals surface area contributed by atoms with Crippen molar-refractivity contribution in [3.8, 4) is 0 Å². The van der Waals surface area contributed by atoms with Crippen molar-refractivity contribution in [2.24, 2.45) is 0 Å². The molecule has 0 atom stereocenters. The first-order valence-electron chi connectivity index (χ1n) is 6.54. The van der Waals surface area contributed by atoms with Crippen molar-refractivity contribution >= 4 is 11.6 Å². The van der Waals surface area contributed by atoms with Gasteiger partial charge in [-0.25, -0.2) is 0 Å². The molecule has 21 heavy (non-hydrogen) atoms. The van der Waals surface area contributed by atoms with E-state index in [1.54, 1.807) is 24.9 Å². The Hall–Kier alpha value is -2.69. The minimum absolute atomic E-state index is 0.0334. The van der Waals surface area contributed by atoms with E-state index in [1.807, 2.05) is 30.3 Å². The molecule has 5 heteroatoms. The lowest BCUT2D eigenvalue weighted by Crippen LogP contribution is -2.27. The van der Waals surface area contributed by atoms with Crippen LogP contribution >= 0.6 is 0 Å². The van der Waals surface area contributed by atoms with Crippen LogP contribution in [0.15, 0.2) is 48.5 Å². The molecule has 5 nitrogen and oxygen atoms in total. The molecule has 0 spiro atoms. The van der Waals surface area contributed by atoms with Crippen LogP contribution in [0, 0.1) is 17.0 Å².